The monoisotopic (exact) mass is 417 g/mol. The Labute approximate surface area is 180 Å². The van der Waals surface area contributed by atoms with Gasteiger partial charge in [-0.05, 0) is 47.4 Å². The van der Waals surface area contributed by atoms with E-state index in [4.69, 9.17) is 4.74 Å². The lowest BCUT2D eigenvalue weighted by Gasteiger charge is -2.20. The Morgan fingerprint density at radius 3 is 2.57 bits per heavy atom. The Kier molecular flexibility index (Phi) is 6.05. The maximum atomic E-state index is 13.1. The number of anilines is 1. The van der Waals surface area contributed by atoms with E-state index in [1.807, 2.05) is 60.7 Å². The molecule has 6 heteroatoms. The molecule has 0 unspecified atom stereocenters. The van der Waals surface area contributed by atoms with Crippen molar-refractivity contribution in [2.24, 2.45) is 0 Å². The van der Waals surface area contributed by atoms with Gasteiger partial charge in [0, 0.05) is 12.4 Å². The molecule has 4 rings (SSSR count). The Morgan fingerprint density at radius 1 is 1.07 bits per heavy atom. The van der Waals surface area contributed by atoms with E-state index >= 15 is 0 Å². The van der Waals surface area contributed by atoms with Crippen LogP contribution in [0.2, 0.25) is 0 Å². The number of hydrogen-bond donors (Lipinski definition) is 0. The second-order valence-electron chi connectivity index (χ2n) is 7.32. The number of rotatable bonds is 7. The molecule has 0 spiro atoms. The molecule has 0 bridgehead atoms. The molecule has 4 aromatic rings. The maximum Gasteiger partial charge on any atom is 0.267 e. The zero-order valence-electron chi connectivity index (χ0n) is 17.0. The van der Waals surface area contributed by atoms with Crippen LogP contribution in [0.25, 0.3) is 10.2 Å². The molecule has 2 heterocycles. The first kappa shape index (κ1) is 20.0. The van der Waals surface area contributed by atoms with Gasteiger partial charge in [-0.25, -0.2) is 4.98 Å². The highest BCUT2D eigenvalue weighted by molar-refractivity contribution is 7.22. The van der Waals surface area contributed by atoms with Crippen LogP contribution in [0.15, 0.2) is 73.1 Å². The van der Waals surface area contributed by atoms with Crippen LogP contribution in [0.3, 0.4) is 0 Å². The molecule has 0 atom stereocenters. The molecule has 5 nitrogen and oxygen atoms in total. The molecular formula is C24H23N3O2S. The van der Waals surface area contributed by atoms with Crippen molar-refractivity contribution >= 4 is 32.6 Å². The van der Waals surface area contributed by atoms with Gasteiger partial charge in [0.15, 0.2) is 11.7 Å². The summed E-state index contributed by atoms with van der Waals surface area (Å²) in [5.41, 5.74) is 3.06. The summed E-state index contributed by atoms with van der Waals surface area (Å²) in [6.45, 7) is 4.63. The Hall–Kier alpha value is -3.25. The molecular weight excluding hydrogens is 394 g/mol. The number of amides is 1. The molecule has 0 radical (unpaired) electrons. The molecule has 1 amide bonds. The third-order valence-corrected chi connectivity index (χ3v) is 5.85. The largest absolute Gasteiger partial charge is 0.484 e. The molecule has 30 heavy (non-hydrogen) atoms. The standard InChI is InChI=1S/C24H23N3O2S/c1-17(2)19-9-11-20(12-10-19)29-16-23(28)27(15-18-6-5-13-25-14-18)24-26-21-7-3-4-8-22(21)30-24/h3-14,17H,15-16H2,1-2H3. The van der Waals surface area contributed by atoms with Crippen LogP contribution in [0, 0.1) is 0 Å². The van der Waals surface area contributed by atoms with Crippen LogP contribution in [-0.2, 0) is 11.3 Å². The summed E-state index contributed by atoms with van der Waals surface area (Å²) < 4.78 is 6.83. The lowest BCUT2D eigenvalue weighted by molar-refractivity contribution is -0.120. The van der Waals surface area contributed by atoms with E-state index < -0.39 is 0 Å². The van der Waals surface area contributed by atoms with Crippen molar-refractivity contribution in [3.05, 3.63) is 84.2 Å². The zero-order chi connectivity index (χ0) is 20.9. The number of benzene rings is 2. The lowest BCUT2D eigenvalue weighted by Crippen LogP contribution is -2.34. The number of hydrogen-bond acceptors (Lipinski definition) is 5. The number of nitrogens with zero attached hydrogens (tertiary/aromatic N) is 3. The van der Waals surface area contributed by atoms with Crippen LogP contribution >= 0.6 is 11.3 Å². The highest BCUT2D eigenvalue weighted by Crippen LogP contribution is 2.30. The quantitative estimate of drug-likeness (QED) is 0.402. The van der Waals surface area contributed by atoms with Gasteiger partial charge in [0.1, 0.15) is 5.75 Å². The van der Waals surface area contributed by atoms with Gasteiger partial charge < -0.3 is 4.74 Å². The summed E-state index contributed by atoms with van der Waals surface area (Å²) in [5, 5.41) is 0.656. The predicted octanol–water partition coefficient (Wildman–Crippen LogP) is 5.43. The fraction of sp³-hybridized carbons (Fsp3) is 0.208. The fourth-order valence-electron chi connectivity index (χ4n) is 3.08. The van der Waals surface area contributed by atoms with Crippen LogP contribution < -0.4 is 9.64 Å². The van der Waals surface area contributed by atoms with Gasteiger partial charge in [0.2, 0.25) is 0 Å². The first-order valence-electron chi connectivity index (χ1n) is 9.88. The molecule has 0 aliphatic carbocycles. The second-order valence-corrected chi connectivity index (χ2v) is 8.33. The number of carbonyl (C=O) groups excluding carboxylic acids is 1. The second kappa shape index (κ2) is 9.05. The number of fused-ring (bicyclic) bond motifs is 1. The first-order valence-corrected chi connectivity index (χ1v) is 10.7. The number of para-hydroxylation sites is 1. The average molecular weight is 418 g/mol. The minimum Gasteiger partial charge on any atom is -0.484 e. The number of thiazole rings is 1. The molecule has 2 aromatic heterocycles. The van der Waals surface area contributed by atoms with E-state index in [0.717, 1.165) is 15.8 Å². The van der Waals surface area contributed by atoms with Crippen molar-refractivity contribution in [1.29, 1.82) is 0 Å². The topological polar surface area (TPSA) is 55.3 Å². The molecule has 0 saturated heterocycles. The van der Waals surface area contributed by atoms with E-state index in [2.05, 4.69) is 23.8 Å². The summed E-state index contributed by atoms with van der Waals surface area (Å²) in [4.78, 5) is 23.6. The fourth-order valence-corrected chi connectivity index (χ4v) is 4.07. The van der Waals surface area contributed by atoms with Crippen molar-refractivity contribution in [3.63, 3.8) is 0 Å². The van der Waals surface area contributed by atoms with E-state index in [1.165, 1.54) is 16.9 Å². The molecule has 152 valence electrons. The predicted molar refractivity (Wildman–Crippen MR) is 121 cm³/mol. The summed E-state index contributed by atoms with van der Waals surface area (Å²) in [6.07, 6.45) is 3.48. The third kappa shape index (κ3) is 4.66. The highest BCUT2D eigenvalue weighted by Gasteiger charge is 2.21. The van der Waals surface area contributed by atoms with Gasteiger partial charge in [-0.2, -0.15) is 0 Å². The summed E-state index contributed by atoms with van der Waals surface area (Å²) in [6, 6.07) is 19.6. The first-order chi connectivity index (χ1) is 14.6. The summed E-state index contributed by atoms with van der Waals surface area (Å²) in [5.74, 6) is 0.985. The SMILES string of the molecule is CC(C)c1ccc(OCC(=O)N(Cc2cccnc2)c2nc3ccccc3s2)cc1. The Bertz CT molecular complexity index is 1090. The van der Waals surface area contributed by atoms with E-state index in [0.29, 0.717) is 23.3 Å². The van der Waals surface area contributed by atoms with Gasteiger partial charge in [-0.1, -0.05) is 55.5 Å². The van der Waals surface area contributed by atoms with Gasteiger partial charge in [-0.15, -0.1) is 0 Å². The molecule has 0 N–H and O–H groups in total. The van der Waals surface area contributed by atoms with Crippen molar-refractivity contribution in [3.8, 4) is 5.75 Å². The van der Waals surface area contributed by atoms with Gasteiger partial charge >= 0.3 is 0 Å². The number of carbonyl (C=O) groups is 1. The van der Waals surface area contributed by atoms with Crippen LogP contribution in [0.1, 0.15) is 30.9 Å². The molecule has 0 aliphatic rings. The highest BCUT2D eigenvalue weighted by atomic mass is 32.1. The van der Waals surface area contributed by atoms with Gasteiger partial charge in [0.05, 0.1) is 16.8 Å². The van der Waals surface area contributed by atoms with Crippen LogP contribution in [0.5, 0.6) is 5.75 Å². The minimum atomic E-state index is -0.147. The van der Waals surface area contributed by atoms with Crippen molar-refractivity contribution in [2.45, 2.75) is 26.3 Å². The van der Waals surface area contributed by atoms with Crippen LogP contribution in [-0.4, -0.2) is 22.5 Å². The number of aromatic nitrogens is 2. The minimum absolute atomic E-state index is 0.0583. The zero-order valence-corrected chi connectivity index (χ0v) is 17.8. The lowest BCUT2D eigenvalue weighted by atomic mass is 10.0. The molecule has 0 saturated carbocycles. The van der Waals surface area contributed by atoms with Gasteiger partial charge in [-0.3, -0.25) is 14.7 Å². The smallest absolute Gasteiger partial charge is 0.267 e. The summed E-state index contributed by atoms with van der Waals surface area (Å²) in [7, 11) is 0. The molecule has 2 aromatic carbocycles. The van der Waals surface area contributed by atoms with Crippen molar-refractivity contribution in [1.82, 2.24) is 9.97 Å². The average Bonchev–Trinajstić information content (AvgIpc) is 3.20. The van der Waals surface area contributed by atoms with Crippen LogP contribution in [0.4, 0.5) is 5.13 Å². The number of ether oxygens (including phenoxy) is 1. The van der Waals surface area contributed by atoms with E-state index in [-0.39, 0.29) is 12.5 Å². The van der Waals surface area contributed by atoms with E-state index in [9.17, 15) is 4.79 Å². The van der Waals surface area contributed by atoms with Crippen molar-refractivity contribution in [2.75, 3.05) is 11.5 Å². The molecule has 0 aliphatic heterocycles. The Morgan fingerprint density at radius 2 is 1.87 bits per heavy atom. The number of pyridine rings is 1. The third-order valence-electron chi connectivity index (χ3n) is 4.79. The maximum absolute atomic E-state index is 13.1. The van der Waals surface area contributed by atoms with Crippen molar-refractivity contribution < 1.29 is 9.53 Å². The van der Waals surface area contributed by atoms with E-state index in [1.54, 1.807) is 17.3 Å². The summed E-state index contributed by atoms with van der Waals surface area (Å²) >= 11 is 1.50. The Balaban J connectivity index is 1.54. The van der Waals surface area contributed by atoms with Gasteiger partial charge in [0.25, 0.3) is 5.91 Å². The normalized spacial score (nSPS) is 11.0. The molecule has 0 fully saturated rings.